The van der Waals surface area contributed by atoms with E-state index in [2.05, 4.69) is 5.32 Å². The van der Waals surface area contributed by atoms with Crippen molar-refractivity contribution in [2.24, 2.45) is 5.73 Å². The molecule has 4 nitrogen and oxygen atoms in total. The molecule has 0 aliphatic carbocycles. The van der Waals surface area contributed by atoms with Crippen molar-refractivity contribution in [3.05, 3.63) is 24.2 Å². The zero-order valence-electron chi connectivity index (χ0n) is 7.78. The van der Waals surface area contributed by atoms with Gasteiger partial charge in [0, 0.05) is 0 Å². The lowest BCUT2D eigenvalue weighted by molar-refractivity contribution is -0.122. The minimum atomic E-state index is -0.489. The Hall–Kier alpha value is -1.29. The number of carbonyl (C=O) groups is 1. The molecule has 72 valence electrons. The van der Waals surface area contributed by atoms with Crippen LogP contribution >= 0.6 is 0 Å². The van der Waals surface area contributed by atoms with Crippen LogP contribution in [0.1, 0.15) is 25.6 Å². The van der Waals surface area contributed by atoms with Crippen LogP contribution in [0.25, 0.3) is 0 Å². The number of nitrogens with two attached hydrogens (primary N) is 1. The lowest BCUT2D eigenvalue weighted by Gasteiger charge is -2.12. The third kappa shape index (κ3) is 2.59. The lowest BCUT2D eigenvalue weighted by Crippen LogP contribution is -2.39. The maximum atomic E-state index is 11.2. The minimum Gasteiger partial charge on any atom is -0.467 e. The molecule has 0 bridgehead atoms. The quantitative estimate of drug-likeness (QED) is 0.726. The summed E-state index contributed by atoms with van der Waals surface area (Å²) in [5.41, 5.74) is 5.39. The van der Waals surface area contributed by atoms with E-state index >= 15 is 0 Å². The van der Waals surface area contributed by atoms with Gasteiger partial charge in [-0.15, -0.1) is 0 Å². The van der Waals surface area contributed by atoms with Crippen LogP contribution in [0.3, 0.4) is 0 Å². The standard InChI is InChI=1S/C9H14N2O2/c1-6(10)9(12)11-7(2)8-4-3-5-13-8/h3-7H,10H2,1-2H3,(H,11,12)/t6-,7+/m0/s1. The van der Waals surface area contributed by atoms with Gasteiger partial charge >= 0.3 is 0 Å². The first kappa shape index (κ1) is 9.80. The fourth-order valence-electron chi connectivity index (χ4n) is 0.954. The number of hydrogen-bond donors (Lipinski definition) is 2. The summed E-state index contributed by atoms with van der Waals surface area (Å²) in [5, 5.41) is 2.72. The van der Waals surface area contributed by atoms with Gasteiger partial charge in [-0.3, -0.25) is 4.79 Å². The number of carbonyl (C=O) groups excluding carboxylic acids is 1. The molecule has 2 atom stereocenters. The van der Waals surface area contributed by atoms with E-state index in [1.807, 2.05) is 13.0 Å². The Morgan fingerprint density at radius 1 is 1.62 bits per heavy atom. The molecule has 0 unspecified atom stereocenters. The summed E-state index contributed by atoms with van der Waals surface area (Å²) in [7, 11) is 0. The third-order valence-corrected chi connectivity index (χ3v) is 1.74. The Balaban J connectivity index is 2.51. The van der Waals surface area contributed by atoms with Gasteiger partial charge in [0.25, 0.3) is 0 Å². The molecular formula is C9H14N2O2. The summed E-state index contributed by atoms with van der Waals surface area (Å²) in [5.74, 6) is 0.554. The third-order valence-electron chi connectivity index (χ3n) is 1.74. The van der Waals surface area contributed by atoms with Gasteiger partial charge in [-0.2, -0.15) is 0 Å². The Labute approximate surface area is 77.1 Å². The largest absolute Gasteiger partial charge is 0.467 e. The highest BCUT2D eigenvalue weighted by molar-refractivity contribution is 5.81. The predicted octanol–water partition coefficient (Wildman–Crippen LogP) is 0.804. The van der Waals surface area contributed by atoms with Gasteiger partial charge in [0.2, 0.25) is 5.91 Å². The smallest absolute Gasteiger partial charge is 0.237 e. The topological polar surface area (TPSA) is 68.3 Å². The molecule has 0 aromatic carbocycles. The summed E-state index contributed by atoms with van der Waals surface area (Å²) in [6.07, 6.45) is 1.57. The number of hydrogen-bond acceptors (Lipinski definition) is 3. The molecule has 0 radical (unpaired) electrons. The molecular weight excluding hydrogens is 168 g/mol. The fraction of sp³-hybridized carbons (Fsp3) is 0.444. The number of amides is 1. The molecule has 1 heterocycles. The van der Waals surface area contributed by atoms with Gasteiger partial charge in [-0.05, 0) is 26.0 Å². The highest BCUT2D eigenvalue weighted by Gasteiger charge is 2.13. The summed E-state index contributed by atoms with van der Waals surface area (Å²) >= 11 is 0. The monoisotopic (exact) mass is 182 g/mol. The summed E-state index contributed by atoms with van der Waals surface area (Å²) in [6, 6.07) is 2.97. The van der Waals surface area contributed by atoms with Crippen LogP contribution in [0.4, 0.5) is 0 Å². The molecule has 0 spiro atoms. The average Bonchev–Trinajstić information content (AvgIpc) is 2.55. The van der Waals surface area contributed by atoms with Crippen LogP contribution in [0, 0.1) is 0 Å². The first-order valence-corrected chi connectivity index (χ1v) is 4.20. The summed E-state index contributed by atoms with van der Waals surface area (Å²) < 4.78 is 5.12. The number of rotatable bonds is 3. The van der Waals surface area contributed by atoms with Crippen molar-refractivity contribution in [3.63, 3.8) is 0 Å². The van der Waals surface area contributed by atoms with Gasteiger partial charge in [0.05, 0.1) is 18.3 Å². The molecule has 1 aromatic rings. The SMILES string of the molecule is C[C@H](N)C(=O)N[C@H](C)c1ccco1. The highest BCUT2D eigenvalue weighted by atomic mass is 16.3. The number of furan rings is 1. The first-order chi connectivity index (χ1) is 6.11. The Bertz CT molecular complexity index is 267. The van der Waals surface area contributed by atoms with Crippen LogP contribution in [-0.2, 0) is 4.79 Å². The van der Waals surface area contributed by atoms with Crippen molar-refractivity contribution < 1.29 is 9.21 Å². The summed E-state index contributed by atoms with van der Waals surface area (Å²) in [6.45, 7) is 3.49. The molecule has 1 aromatic heterocycles. The van der Waals surface area contributed by atoms with Crippen molar-refractivity contribution in [1.29, 1.82) is 0 Å². The molecule has 0 saturated heterocycles. The van der Waals surface area contributed by atoms with Crippen molar-refractivity contribution in [2.75, 3.05) is 0 Å². The molecule has 3 N–H and O–H groups in total. The zero-order chi connectivity index (χ0) is 9.84. The first-order valence-electron chi connectivity index (χ1n) is 4.20. The zero-order valence-corrected chi connectivity index (χ0v) is 7.78. The second-order valence-corrected chi connectivity index (χ2v) is 3.03. The second kappa shape index (κ2) is 4.09. The molecule has 1 rings (SSSR count). The van der Waals surface area contributed by atoms with Gasteiger partial charge < -0.3 is 15.5 Å². The Morgan fingerprint density at radius 3 is 2.77 bits per heavy atom. The van der Waals surface area contributed by atoms with E-state index in [-0.39, 0.29) is 11.9 Å². The van der Waals surface area contributed by atoms with E-state index in [0.717, 1.165) is 5.76 Å². The summed E-state index contributed by atoms with van der Waals surface area (Å²) in [4.78, 5) is 11.2. The fourth-order valence-corrected chi connectivity index (χ4v) is 0.954. The predicted molar refractivity (Wildman–Crippen MR) is 48.9 cm³/mol. The van der Waals surface area contributed by atoms with E-state index in [9.17, 15) is 4.79 Å². The minimum absolute atomic E-state index is 0.131. The highest BCUT2D eigenvalue weighted by Crippen LogP contribution is 2.11. The molecule has 13 heavy (non-hydrogen) atoms. The maximum absolute atomic E-state index is 11.2. The van der Waals surface area contributed by atoms with Gasteiger partial charge in [0.15, 0.2) is 0 Å². The van der Waals surface area contributed by atoms with Crippen molar-refractivity contribution in [3.8, 4) is 0 Å². The Morgan fingerprint density at radius 2 is 2.31 bits per heavy atom. The van der Waals surface area contributed by atoms with Gasteiger partial charge in [0.1, 0.15) is 5.76 Å². The van der Waals surface area contributed by atoms with Crippen molar-refractivity contribution in [2.45, 2.75) is 25.9 Å². The van der Waals surface area contributed by atoms with E-state index < -0.39 is 6.04 Å². The van der Waals surface area contributed by atoms with E-state index in [4.69, 9.17) is 10.2 Å². The molecule has 4 heteroatoms. The molecule has 1 amide bonds. The Kier molecular flexibility index (Phi) is 3.08. The molecule has 0 aliphatic heterocycles. The van der Waals surface area contributed by atoms with Gasteiger partial charge in [-0.25, -0.2) is 0 Å². The van der Waals surface area contributed by atoms with Crippen LogP contribution in [0.5, 0.6) is 0 Å². The number of nitrogens with one attached hydrogen (secondary N) is 1. The van der Waals surface area contributed by atoms with Crippen LogP contribution < -0.4 is 11.1 Å². The van der Waals surface area contributed by atoms with Crippen molar-refractivity contribution >= 4 is 5.91 Å². The van der Waals surface area contributed by atoms with Crippen molar-refractivity contribution in [1.82, 2.24) is 5.32 Å². The van der Waals surface area contributed by atoms with E-state index in [0.29, 0.717) is 0 Å². The maximum Gasteiger partial charge on any atom is 0.237 e. The molecule has 0 saturated carbocycles. The lowest BCUT2D eigenvalue weighted by atomic mass is 10.2. The van der Waals surface area contributed by atoms with Gasteiger partial charge in [-0.1, -0.05) is 0 Å². The molecule has 0 fully saturated rings. The van der Waals surface area contributed by atoms with Crippen LogP contribution in [0.15, 0.2) is 22.8 Å². The normalized spacial score (nSPS) is 15.0. The van der Waals surface area contributed by atoms with E-state index in [1.54, 1.807) is 19.3 Å². The second-order valence-electron chi connectivity index (χ2n) is 3.03. The average molecular weight is 182 g/mol. The van der Waals surface area contributed by atoms with E-state index in [1.165, 1.54) is 0 Å². The van der Waals surface area contributed by atoms with Crippen LogP contribution in [0.2, 0.25) is 0 Å². The van der Waals surface area contributed by atoms with Crippen LogP contribution in [-0.4, -0.2) is 11.9 Å². The molecule has 0 aliphatic rings.